The Morgan fingerprint density at radius 3 is 2.57 bits per heavy atom. The minimum atomic E-state index is -3.61. The van der Waals surface area contributed by atoms with Crippen molar-refractivity contribution in [1.82, 2.24) is 9.71 Å². The lowest BCUT2D eigenvalue weighted by atomic mass is 10.1. The van der Waals surface area contributed by atoms with Gasteiger partial charge in [0.25, 0.3) is 0 Å². The van der Waals surface area contributed by atoms with Crippen molar-refractivity contribution in [3.05, 3.63) is 52.1 Å². The number of hydrogen-bond acceptors (Lipinski definition) is 4. The largest absolute Gasteiger partial charge is 0.384 e. The number of nitrogens with one attached hydrogen (secondary N) is 1. The summed E-state index contributed by atoms with van der Waals surface area (Å²) >= 11 is 11.8. The Morgan fingerprint density at radius 2 is 1.95 bits per heavy atom. The van der Waals surface area contributed by atoms with Gasteiger partial charge in [-0.05, 0) is 36.2 Å². The molecule has 0 spiro atoms. The number of nitrogens with two attached hydrogens (primary N) is 1. The number of halogens is 2. The minimum absolute atomic E-state index is 0.0684. The zero-order chi connectivity index (χ0) is 15.5. The first kappa shape index (κ1) is 16.0. The summed E-state index contributed by atoms with van der Waals surface area (Å²) in [6.45, 7) is 0.216. The zero-order valence-electron chi connectivity index (χ0n) is 10.9. The lowest BCUT2D eigenvalue weighted by Gasteiger charge is -2.08. The number of rotatable bonds is 5. The Morgan fingerprint density at radius 1 is 1.19 bits per heavy atom. The predicted octanol–water partition coefficient (Wildman–Crippen LogP) is 2.49. The maximum absolute atomic E-state index is 12.0. The summed E-state index contributed by atoms with van der Waals surface area (Å²) in [5.74, 6) is 0.266. The first-order chi connectivity index (χ1) is 9.88. The molecule has 0 atom stereocenters. The molecule has 2 aromatic rings. The second-order valence-corrected chi connectivity index (χ2v) is 6.91. The molecule has 5 nitrogen and oxygen atoms in total. The second kappa shape index (κ2) is 6.62. The van der Waals surface area contributed by atoms with Gasteiger partial charge in [0.15, 0.2) is 0 Å². The summed E-state index contributed by atoms with van der Waals surface area (Å²) in [7, 11) is -3.61. The van der Waals surface area contributed by atoms with E-state index in [9.17, 15) is 8.42 Å². The molecular weight excluding hydrogens is 333 g/mol. The Kier molecular flexibility index (Phi) is 5.05. The van der Waals surface area contributed by atoms with Crippen molar-refractivity contribution in [2.75, 3.05) is 12.3 Å². The van der Waals surface area contributed by atoms with Crippen LogP contribution in [-0.4, -0.2) is 19.9 Å². The standard InChI is InChI=1S/C13H13Cl2N3O2S/c14-10-2-1-9(12(15)7-10)5-6-18-21(19,20)11-3-4-13(16)17-8-11/h1-4,7-8,18H,5-6H2,(H2,16,17). The second-order valence-electron chi connectivity index (χ2n) is 4.30. The zero-order valence-corrected chi connectivity index (χ0v) is 13.2. The highest BCUT2D eigenvalue weighted by Crippen LogP contribution is 2.21. The Bertz CT molecular complexity index is 734. The maximum Gasteiger partial charge on any atom is 0.242 e. The lowest BCUT2D eigenvalue weighted by Crippen LogP contribution is -2.26. The molecule has 0 amide bonds. The molecule has 112 valence electrons. The van der Waals surface area contributed by atoms with Crippen molar-refractivity contribution in [3.63, 3.8) is 0 Å². The van der Waals surface area contributed by atoms with Gasteiger partial charge in [-0.15, -0.1) is 0 Å². The Labute approximate surface area is 133 Å². The van der Waals surface area contributed by atoms with Crippen LogP contribution in [0.25, 0.3) is 0 Å². The van der Waals surface area contributed by atoms with Crippen molar-refractivity contribution in [1.29, 1.82) is 0 Å². The number of nitrogens with zero attached hydrogens (tertiary/aromatic N) is 1. The van der Waals surface area contributed by atoms with E-state index < -0.39 is 10.0 Å². The van der Waals surface area contributed by atoms with E-state index in [1.807, 2.05) is 0 Å². The number of aromatic nitrogens is 1. The van der Waals surface area contributed by atoms with E-state index in [1.54, 1.807) is 18.2 Å². The molecule has 0 unspecified atom stereocenters. The lowest BCUT2D eigenvalue weighted by molar-refractivity contribution is 0.581. The van der Waals surface area contributed by atoms with Crippen LogP contribution in [0.3, 0.4) is 0 Å². The van der Waals surface area contributed by atoms with Gasteiger partial charge in [-0.3, -0.25) is 0 Å². The molecular formula is C13H13Cl2N3O2S. The first-order valence-corrected chi connectivity index (χ1v) is 8.27. The van der Waals surface area contributed by atoms with E-state index in [2.05, 4.69) is 9.71 Å². The van der Waals surface area contributed by atoms with Gasteiger partial charge in [0.1, 0.15) is 10.7 Å². The van der Waals surface area contributed by atoms with E-state index in [-0.39, 0.29) is 17.3 Å². The van der Waals surface area contributed by atoms with Crippen LogP contribution < -0.4 is 10.5 Å². The van der Waals surface area contributed by atoms with Gasteiger partial charge >= 0.3 is 0 Å². The smallest absolute Gasteiger partial charge is 0.242 e. The summed E-state index contributed by atoms with van der Waals surface area (Å²) in [5.41, 5.74) is 6.24. The van der Waals surface area contributed by atoms with Gasteiger partial charge in [0, 0.05) is 22.8 Å². The third-order valence-corrected chi connectivity index (χ3v) is 4.80. The van der Waals surface area contributed by atoms with Crippen LogP contribution >= 0.6 is 23.2 Å². The quantitative estimate of drug-likeness (QED) is 0.871. The van der Waals surface area contributed by atoms with Gasteiger partial charge in [-0.2, -0.15) is 0 Å². The predicted molar refractivity (Wildman–Crippen MR) is 84.0 cm³/mol. The van der Waals surface area contributed by atoms with E-state index in [4.69, 9.17) is 28.9 Å². The first-order valence-electron chi connectivity index (χ1n) is 6.03. The van der Waals surface area contributed by atoms with E-state index in [1.165, 1.54) is 18.3 Å². The van der Waals surface area contributed by atoms with Crippen molar-refractivity contribution >= 4 is 39.0 Å². The Hall–Kier alpha value is -1.34. The SMILES string of the molecule is Nc1ccc(S(=O)(=O)NCCc2ccc(Cl)cc2Cl)cn1. The van der Waals surface area contributed by atoms with Gasteiger partial charge < -0.3 is 5.73 Å². The average molecular weight is 346 g/mol. The van der Waals surface area contributed by atoms with E-state index >= 15 is 0 Å². The van der Waals surface area contributed by atoms with Gasteiger partial charge in [-0.25, -0.2) is 18.1 Å². The van der Waals surface area contributed by atoms with Crippen molar-refractivity contribution in [2.24, 2.45) is 0 Å². The highest BCUT2D eigenvalue weighted by molar-refractivity contribution is 7.89. The third kappa shape index (κ3) is 4.31. The molecule has 0 fully saturated rings. The molecule has 0 aliphatic carbocycles. The summed E-state index contributed by atoms with van der Waals surface area (Å²) in [6, 6.07) is 7.94. The van der Waals surface area contributed by atoms with Crippen molar-refractivity contribution in [3.8, 4) is 0 Å². The monoisotopic (exact) mass is 345 g/mol. The van der Waals surface area contributed by atoms with Crippen LogP contribution in [0.15, 0.2) is 41.4 Å². The average Bonchev–Trinajstić information content (AvgIpc) is 2.41. The molecule has 3 N–H and O–H groups in total. The molecule has 2 rings (SSSR count). The summed E-state index contributed by atoms with van der Waals surface area (Å²) in [4.78, 5) is 3.83. The minimum Gasteiger partial charge on any atom is -0.384 e. The van der Waals surface area contributed by atoms with Crippen molar-refractivity contribution < 1.29 is 8.42 Å². The third-order valence-electron chi connectivity index (χ3n) is 2.77. The molecule has 0 aliphatic heterocycles. The number of benzene rings is 1. The molecule has 21 heavy (non-hydrogen) atoms. The number of nitrogen functional groups attached to an aromatic ring is 1. The summed E-state index contributed by atoms with van der Waals surface area (Å²) < 4.78 is 26.5. The molecule has 0 radical (unpaired) electrons. The van der Waals surface area contributed by atoms with E-state index in [0.717, 1.165) is 5.56 Å². The van der Waals surface area contributed by atoms with Gasteiger partial charge in [-0.1, -0.05) is 29.3 Å². The number of hydrogen-bond donors (Lipinski definition) is 2. The molecule has 1 heterocycles. The fraction of sp³-hybridized carbons (Fsp3) is 0.154. The molecule has 0 aliphatic rings. The number of pyridine rings is 1. The van der Waals surface area contributed by atoms with Crippen LogP contribution in [0, 0.1) is 0 Å². The van der Waals surface area contributed by atoms with Gasteiger partial charge in [0.05, 0.1) is 0 Å². The summed E-state index contributed by atoms with van der Waals surface area (Å²) in [6.07, 6.45) is 1.67. The van der Waals surface area contributed by atoms with Crippen molar-refractivity contribution in [2.45, 2.75) is 11.3 Å². The fourth-order valence-electron chi connectivity index (χ4n) is 1.68. The van der Waals surface area contributed by atoms with Crippen LogP contribution in [0.4, 0.5) is 5.82 Å². The van der Waals surface area contributed by atoms with Gasteiger partial charge in [0.2, 0.25) is 10.0 Å². The van der Waals surface area contributed by atoms with E-state index in [0.29, 0.717) is 16.5 Å². The maximum atomic E-state index is 12.0. The van der Waals surface area contributed by atoms with Crippen LogP contribution in [0.5, 0.6) is 0 Å². The molecule has 0 bridgehead atoms. The molecule has 1 aromatic heterocycles. The molecule has 8 heteroatoms. The fourth-order valence-corrected chi connectivity index (χ4v) is 3.16. The highest BCUT2D eigenvalue weighted by Gasteiger charge is 2.14. The van der Waals surface area contributed by atoms with Crippen LogP contribution in [0.1, 0.15) is 5.56 Å². The van der Waals surface area contributed by atoms with Crippen LogP contribution in [-0.2, 0) is 16.4 Å². The normalized spacial score (nSPS) is 11.5. The summed E-state index contributed by atoms with van der Waals surface area (Å²) in [5, 5.41) is 1.05. The topological polar surface area (TPSA) is 85.1 Å². The molecule has 0 saturated heterocycles. The molecule has 0 saturated carbocycles. The Balaban J connectivity index is 2.00. The highest BCUT2D eigenvalue weighted by atomic mass is 35.5. The number of anilines is 1. The van der Waals surface area contributed by atoms with Crippen LogP contribution in [0.2, 0.25) is 10.0 Å². The molecule has 1 aromatic carbocycles. The number of sulfonamides is 1.